The molecule has 1 unspecified atom stereocenters. The highest BCUT2D eigenvalue weighted by molar-refractivity contribution is 5.01. The zero-order valence-electron chi connectivity index (χ0n) is 6.55. The fourth-order valence-electron chi connectivity index (χ4n) is 1.05. The van der Waals surface area contributed by atoms with E-state index in [9.17, 15) is 0 Å². The second-order valence-electron chi connectivity index (χ2n) is 3.19. The molecule has 0 aromatic carbocycles. The number of ether oxygens (including phenoxy) is 1. The van der Waals surface area contributed by atoms with Gasteiger partial charge >= 0.3 is 0 Å². The van der Waals surface area contributed by atoms with Gasteiger partial charge in [0.25, 0.3) is 0 Å². The van der Waals surface area contributed by atoms with Crippen molar-refractivity contribution in [2.75, 3.05) is 7.11 Å². The lowest BCUT2D eigenvalue weighted by molar-refractivity contribution is 0.0434. The Labute approximate surface area is 61.8 Å². The molecule has 0 radical (unpaired) electrons. The van der Waals surface area contributed by atoms with E-state index in [2.05, 4.69) is 6.07 Å². The fraction of sp³-hybridized carbons (Fsp3) is 0.875. The van der Waals surface area contributed by atoms with Crippen LogP contribution in [0.3, 0.4) is 0 Å². The third-order valence-electron chi connectivity index (χ3n) is 2.06. The molecule has 10 heavy (non-hydrogen) atoms. The quantitative estimate of drug-likeness (QED) is 0.596. The Morgan fingerprint density at radius 2 is 2.30 bits per heavy atom. The normalized spacial score (nSPS) is 23.3. The minimum atomic E-state index is -0.527. The van der Waals surface area contributed by atoms with Crippen LogP contribution in [0.1, 0.15) is 26.2 Å². The van der Waals surface area contributed by atoms with E-state index in [-0.39, 0.29) is 0 Å². The summed E-state index contributed by atoms with van der Waals surface area (Å²) in [7, 11) is 1.60. The molecular weight excluding hydrogens is 126 g/mol. The van der Waals surface area contributed by atoms with Gasteiger partial charge in [0.2, 0.25) is 0 Å². The van der Waals surface area contributed by atoms with Crippen molar-refractivity contribution in [2.45, 2.75) is 31.8 Å². The van der Waals surface area contributed by atoms with Gasteiger partial charge in [-0.05, 0) is 19.3 Å². The molecule has 1 atom stereocenters. The summed E-state index contributed by atoms with van der Waals surface area (Å²) in [6.45, 7) is 1.85. The van der Waals surface area contributed by atoms with Crippen LogP contribution in [0, 0.1) is 17.2 Å². The highest BCUT2D eigenvalue weighted by atomic mass is 16.5. The Morgan fingerprint density at radius 1 is 1.70 bits per heavy atom. The van der Waals surface area contributed by atoms with Crippen LogP contribution in [0.4, 0.5) is 0 Å². The summed E-state index contributed by atoms with van der Waals surface area (Å²) in [5.41, 5.74) is -0.527. The van der Waals surface area contributed by atoms with E-state index in [0.717, 1.165) is 12.3 Å². The number of hydrogen-bond donors (Lipinski definition) is 0. The Morgan fingerprint density at radius 3 is 2.60 bits per heavy atom. The number of hydrogen-bond acceptors (Lipinski definition) is 2. The average Bonchev–Trinajstić information content (AvgIpc) is 2.72. The minimum Gasteiger partial charge on any atom is -0.364 e. The predicted molar refractivity (Wildman–Crippen MR) is 38.4 cm³/mol. The van der Waals surface area contributed by atoms with Crippen LogP contribution < -0.4 is 0 Å². The Balaban J connectivity index is 2.39. The summed E-state index contributed by atoms with van der Waals surface area (Å²) in [5, 5.41) is 8.69. The molecule has 2 heteroatoms. The lowest BCUT2D eigenvalue weighted by Crippen LogP contribution is -2.25. The van der Waals surface area contributed by atoms with Crippen LogP contribution in [0.15, 0.2) is 0 Å². The minimum absolute atomic E-state index is 0.527. The van der Waals surface area contributed by atoms with Gasteiger partial charge in [0.15, 0.2) is 5.60 Å². The lowest BCUT2D eigenvalue weighted by Gasteiger charge is -2.18. The largest absolute Gasteiger partial charge is 0.364 e. The van der Waals surface area contributed by atoms with Gasteiger partial charge in [-0.3, -0.25) is 0 Å². The van der Waals surface area contributed by atoms with Crippen LogP contribution in [0.2, 0.25) is 0 Å². The molecule has 0 amide bonds. The van der Waals surface area contributed by atoms with Crippen molar-refractivity contribution in [1.82, 2.24) is 0 Å². The Hall–Kier alpha value is -0.550. The van der Waals surface area contributed by atoms with Crippen molar-refractivity contribution >= 4 is 0 Å². The van der Waals surface area contributed by atoms with Crippen molar-refractivity contribution in [3.63, 3.8) is 0 Å². The van der Waals surface area contributed by atoms with Crippen LogP contribution in [-0.4, -0.2) is 12.7 Å². The second kappa shape index (κ2) is 2.59. The zero-order chi connectivity index (χ0) is 7.61. The number of nitrogens with zero attached hydrogens (tertiary/aromatic N) is 1. The highest BCUT2D eigenvalue weighted by Gasteiger charge is 2.33. The smallest absolute Gasteiger partial charge is 0.151 e. The summed E-state index contributed by atoms with van der Waals surface area (Å²) in [6, 6.07) is 2.18. The monoisotopic (exact) mass is 139 g/mol. The summed E-state index contributed by atoms with van der Waals surface area (Å²) in [6.07, 6.45) is 3.46. The first-order chi connectivity index (χ1) is 4.70. The van der Waals surface area contributed by atoms with E-state index in [1.165, 1.54) is 12.8 Å². The molecule has 1 saturated carbocycles. The summed E-state index contributed by atoms with van der Waals surface area (Å²) in [5.74, 6) is 0.754. The summed E-state index contributed by atoms with van der Waals surface area (Å²) in [4.78, 5) is 0. The second-order valence-corrected chi connectivity index (χ2v) is 3.19. The van der Waals surface area contributed by atoms with E-state index in [1.54, 1.807) is 7.11 Å². The van der Waals surface area contributed by atoms with Gasteiger partial charge in [0, 0.05) is 7.11 Å². The van der Waals surface area contributed by atoms with Crippen LogP contribution in [0.25, 0.3) is 0 Å². The van der Waals surface area contributed by atoms with Gasteiger partial charge in [0.1, 0.15) is 0 Å². The molecule has 0 N–H and O–H groups in total. The van der Waals surface area contributed by atoms with Crippen molar-refractivity contribution < 1.29 is 4.74 Å². The standard InChI is InChI=1S/C8H13NO/c1-8(6-9,10-2)5-7-3-4-7/h7H,3-5H2,1-2H3. The number of methoxy groups -OCH3 is 1. The first-order valence-corrected chi connectivity index (χ1v) is 3.66. The molecule has 1 aliphatic rings. The molecule has 0 saturated heterocycles. The molecule has 2 nitrogen and oxygen atoms in total. The first-order valence-electron chi connectivity index (χ1n) is 3.66. The SMILES string of the molecule is COC(C)(C#N)CC1CC1. The lowest BCUT2D eigenvalue weighted by atomic mass is 10.0. The van der Waals surface area contributed by atoms with Crippen LogP contribution in [0.5, 0.6) is 0 Å². The van der Waals surface area contributed by atoms with Gasteiger partial charge in [-0.15, -0.1) is 0 Å². The van der Waals surface area contributed by atoms with Gasteiger partial charge in [-0.1, -0.05) is 12.8 Å². The number of rotatable bonds is 3. The highest BCUT2D eigenvalue weighted by Crippen LogP contribution is 2.37. The maximum atomic E-state index is 8.69. The van der Waals surface area contributed by atoms with Crippen molar-refractivity contribution in [3.05, 3.63) is 0 Å². The Bertz CT molecular complexity index is 157. The number of nitriles is 1. The van der Waals surface area contributed by atoms with E-state index in [0.29, 0.717) is 0 Å². The molecule has 1 fully saturated rings. The van der Waals surface area contributed by atoms with E-state index in [4.69, 9.17) is 10.00 Å². The molecule has 0 heterocycles. The molecule has 0 aromatic rings. The molecule has 0 aromatic heterocycles. The molecule has 0 bridgehead atoms. The van der Waals surface area contributed by atoms with E-state index < -0.39 is 5.60 Å². The third-order valence-corrected chi connectivity index (χ3v) is 2.06. The average molecular weight is 139 g/mol. The first kappa shape index (κ1) is 7.56. The molecule has 1 aliphatic carbocycles. The molecular formula is C8H13NO. The summed E-state index contributed by atoms with van der Waals surface area (Å²) >= 11 is 0. The predicted octanol–water partition coefficient (Wildman–Crippen LogP) is 1.72. The zero-order valence-corrected chi connectivity index (χ0v) is 6.55. The van der Waals surface area contributed by atoms with Gasteiger partial charge in [-0.2, -0.15) is 5.26 Å². The van der Waals surface area contributed by atoms with Crippen molar-refractivity contribution in [1.29, 1.82) is 5.26 Å². The van der Waals surface area contributed by atoms with Crippen molar-refractivity contribution in [2.24, 2.45) is 5.92 Å². The Kier molecular flexibility index (Phi) is 1.96. The van der Waals surface area contributed by atoms with E-state index >= 15 is 0 Å². The molecule has 1 rings (SSSR count). The topological polar surface area (TPSA) is 33.0 Å². The molecule has 0 spiro atoms. The molecule has 56 valence electrons. The molecule has 0 aliphatic heterocycles. The van der Waals surface area contributed by atoms with Crippen molar-refractivity contribution in [3.8, 4) is 6.07 Å². The third kappa shape index (κ3) is 1.71. The van der Waals surface area contributed by atoms with Crippen LogP contribution >= 0.6 is 0 Å². The fourth-order valence-corrected chi connectivity index (χ4v) is 1.05. The maximum Gasteiger partial charge on any atom is 0.151 e. The van der Waals surface area contributed by atoms with Gasteiger partial charge in [0.05, 0.1) is 6.07 Å². The van der Waals surface area contributed by atoms with Crippen LogP contribution in [-0.2, 0) is 4.74 Å². The van der Waals surface area contributed by atoms with Gasteiger partial charge < -0.3 is 4.74 Å². The van der Waals surface area contributed by atoms with E-state index in [1.807, 2.05) is 6.92 Å². The maximum absolute atomic E-state index is 8.69. The van der Waals surface area contributed by atoms with Gasteiger partial charge in [-0.25, -0.2) is 0 Å². The summed E-state index contributed by atoms with van der Waals surface area (Å²) < 4.78 is 5.08.